The molecular weight excluding hydrogens is 250 g/mol. The van der Waals surface area contributed by atoms with E-state index in [0.717, 1.165) is 17.1 Å². The van der Waals surface area contributed by atoms with Gasteiger partial charge in [-0.15, -0.1) is 0 Å². The van der Waals surface area contributed by atoms with Crippen LogP contribution in [0.4, 0.5) is 5.82 Å². The lowest BCUT2D eigenvalue weighted by Gasteiger charge is -2.19. The molecule has 1 aromatic carbocycles. The van der Waals surface area contributed by atoms with Gasteiger partial charge in [-0.3, -0.25) is 0 Å². The van der Waals surface area contributed by atoms with E-state index >= 15 is 0 Å². The average Bonchev–Trinajstić information content (AvgIpc) is 2.90. The summed E-state index contributed by atoms with van der Waals surface area (Å²) >= 11 is 0. The van der Waals surface area contributed by atoms with E-state index < -0.39 is 0 Å². The average molecular weight is 271 g/mol. The number of rotatable bonds is 3. The lowest BCUT2D eigenvalue weighted by molar-refractivity contribution is 0.411. The maximum atomic E-state index is 6.15. The highest BCUT2D eigenvalue weighted by molar-refractivity contribution is 5.51. The van der Waals surface area contributed by atoms with Crippen LogP contribution in [0.5, 0.6) is 5.75 Å². The van der Waals surface area contributed by atoms with Crippen molar-refractivity contribution < 1.29 is 4.74 Å². The molecule has 2 aromatic rings. The molecule has 0 aliphatic heterocycles. The Kier molecular flexibility index (Phi) is 3.63. The third-order valence-electron chi connectivity index (χ3n) is 4.09. The Labute approximate surface area is 119 Å². The molecule has 1 aliphatic rings. The van der Waals surface area contributed by atoms with Crippen LogP contribution in [0.1, 0.15) is 43.7 Å². The summed E-state index contributed by atoms with van der Waals surface area (Å²) in [4.78, 5) is 0. The number of hydrogen-bond donors (Lipinski definition) is 1. The number of nitrogens with two attached hydrogens (primary N) is 1. The molecule has 0 radical (unpaired) electrons. The molecule has 0 unspecified atom stereocenters. The number of hydrogen-bond acceptors (Lipinski definition) is 3. The molecule has 2 N–H and O–H groups in total. The summed E-state index contributed by atoms with van der Waals surface area (Å²) < 4.78 is 7.19. The van der Waals surface area contributed by atoms with E-state index in [4.69, 9.17) is 15.6 Å². The summed E-state index contributed by atoms with van der Waals surface area (Å²) in [6, 6.07) is 9.84. The summed E-state index contributed by atoms with van der Waals surface area (Å²) in [5, 5.41) is 4.72. The van der Waals surface area contributed by atoms with Crippen LogP contribution < -0.4 is 10.5 Å². The van der Waals surface area contributed by atoms with E-state index in [1.807, 2.05) is 30.3 Å². The van der Waals surface area contributed by atoms with Crippen molar-refractivity contribution in [1.82, 2.24) is 9.78 Å². The van der Waals surface area contributed by atoms with Crippen molar-refractivity contribution in [2.45, 2.75) is 38.0 Å². The van der Waals surface area contributed by atoms with Gasteiger partial charge in [0.15, 0.2) is 0 Å². The van der Waals surface area contributed by atoms with Crippen molar-refractivity contribution in [3.05, 3.63) is 36.0 Å². The smallest absolute Gasteiger partial charge is 0.144 e. The van der Waals surface area contributed by atoms with Crippen molar-refractivity contribution in [1.29, 1.82) is 0 Å². The van der Waals surface area contributed by atoms with Crippen LogP contribution in [0.15, 0.2) is 30.3 Å². The van der Waals surface area contributed by atoms with Crippen LogP contribution in [0.2, 0.25) is 0 Å². The van der Waals surface area contributed by atoms with Gasteiger partial charge in [-0.1, -0.05) is 31.4 Å². The highest BCUT2D eigenvalue weighted by atomic mass is 16.5. The Hall–Kier alpha value is -1.97. The second-order valence-corrected chi connectivity index (χ2v) is 5.41. The Bertz CT molecular complexity index is 585. The fourth-order valence-corrected chi connectivity index (χ4v) is 3.01. The van der Waals surface area contributed by atoms with Crippen LogP contribution >= 0.6 is 0 Å². The van der Waals surface area contributed by atoms with Gasteiger partial charge in [-0.25, -0.2) is 4.68 Å². The quantitative estimate of drug-likeness (QED) is 0.929. The third kappa shape index (κ3) is 2.38. The first-order valence-corrected chi connectivity index (χ1v) is 7.28. The van der Waals surface area contributed by atoms with Gasteiger partial charge in [0.1, 0.15) is 17.3 Å². The molecule has 20 heavy (non-hydrogen) atoms. The van der Waals surface area contributed by atoms with Crippen LogP contribution in [-0.4, -0.2) is 16.9 Å². The van der Waals surface area contributed by atoms with Crippen molar-refractivity contribution in [3.8, 4) is 11.4 Å². The van der Waals surface area contributed by atoms with Gasteiger partial charge in [0.25, 0.3) is 0 Å². The fraction of sp³-hybridized carbons (Fsp3) is 0.438. The number of methoxy groups -OCH3 is 1. The van der Waals surface area contributed by atoms with Gasteiger partial charge in [0.2, 0.25) is 0 Å². The Balaban J connectivity index is 1.96. The highest BCUT2D eigenvalue weighted by Gasteiger charge is 2.20. The van der Waals surface area contributed by atoms with Gasteiger partial charge in [-0.05, 0) is 25.0 Å². The van der Waals surface area contributed by atoms with E-state index in [1.165, 1.54) is 32.1 Å². The SMILES string of the molecule is COc1ccccc1-n1nc(C2CCCCC2)cc1N. The first-order valence-electron chi connectivity index (χ1n) is 7.28. The van der Waals surface area contributed by atoms with Gasteiger partial charge in [-0.2, -0.15) is 5.10 Å². The van der Waals surface area contributed by atoms with Crippen molar-refractivity contribution in [2.75, 3.05) is 12.8 Å². The molecule has 1 fully saturated rings. The zero-order valence-electron chi connectivity index (χ0n) is 11.9. The zero-order chi connectivity index (χ0) is 13.9. The number of ether oxygens (including phenoxy) is 1. The third-order valence-corrected chi connectivity index (χ3v) is 4.09. The monoisotopic (exact) mass is 271 g/mol. The summed E-state index contributed by atoms with van der Waals surface area (Å²) in [7, 11) is 1.67. The predicted molar refractivity (Wildman–Crippen MR) is 80.4 cm³/mol. The lowest BCUT2D eigenvalue weighted by atomic mass is 9.87. The van der Waals surface area contributed by atoms with E-state index in [2.05, 4.69) is 0 Å². The summed E-state index contributed by atoms with van der Waals surface area (Å²) in [5.41, 5.74) is 8.16. The minimum atomic E-state index is 0.557. The fourth-order valence-electron chi connectivity index (χ4n) is 3.01. The second-order valence-electron chi connectivity index (χ2n) is 5.41. The Morgan fingerprint density at radius 3 is 2.70 bits per heavy atom. The summed E-state index contributed by atoms with van der Waals surface area (Å²) in [5.74, 6) is 2.02. The first kappa shape index (κ1) is 13.0. The molecular formula is C16H21N3O. The molecule has 4 heteroatoms. The number of para-hydroxylation sites is 2. The Morgan fingerprint density at radius 1 is 1.20 bits per heavy atom. The first-order chi connectivity index (χ1) is 9.79. The normalized spacial score (nSPS) is 16.2. The lowest BCUT2D eigenvalue weighted by Crippen LogP contribution is -2.07. The standard InChI is InChI=1S/C16H21N3O/c1-20-15-10-6-5-9-14(15)19-16(17)11-13(18-19)12-7-3-2-4-8-12/h5-6,9-12H,2-4,7-8,17H2,1H3. The number of anilines is 1. The predicted octanol–water partition coefficient (Wildman–Crippen LogP) is 3.51. The van der Waals surface area contributed by atoms with Crippen LogP contribution in [0, 0.1) is 0 Å². The van der Waals surface area contributed by atoms with Gasteiger partial charge in [0, 0.05) is 12.0 Å². The molecule has 1 aliphatic carbocycles. The summed E-state index contributed by atoms with van der Waals surface area (Å²) in [6.07, 6.45) is 6.39. The molecule has 0 saturated heterocycles. The van der Waals surface area contributed by atoms with E-state index in [9.17, 15) is 0 Å². The molecule has 1 aromatic heterocycles. The topological polar surface area (TPSA) is 53.1 Å². The number of aromatic nitrogens is 2. The van der Waals surface area contributed by atoms with Crippen molar-refractivity contribution in [2.24, 2.45) is 0 Å². The minimum Gasteiger partial charge on any atom is -0.494 e. The molecule has 1 heterocycles. The van der Waals surface area contributed by atoms with Gasteiger partial charge in [0.05, 0.1) is 12.8 Å². The minimum absolute atomic E-state index is 0.557. The molecule has 0 atom stereocenters. The van der Waals surface area contributed by atoms with Crippen LogP contribution in [0.25, 0.3) is 5.69 Å². The van der Waals surface area contributed by atoms with Crippen LogP contribution in [0.3, 0.4) is 0 Å². The highest BCUT2D eigenvalue weighted by Crippen LogP contribution is 2.34. The van der Waals surface area contributed by atoms with Crippen LogP contribution in [-0.2, 0) is 0 Å². The zero-order valence-corrected chi connectivity index (χ0v) is 11.9. The van der Waals surface area contributed by atoms with E-state index in [-0.39, 0.29) is 0 Å². The second kappa shape index (κ2) is 5.57. The van der Waals surface area contributed by atoms with E-state index in [1.54, 1.807) is 11.8 Å². The van der Waals surface area contributed by atoms with Crippen molar-refractivity contribution in [3.63, 3.8) is 0 Å². The van der Waals surface area contributed by atoms with E-state index in [0.29, 0.717) is 11.7 Å². The molecule has 0 amide bonds. The molecule has 3 rings (SSSR count). The van der Waals surface area contributed by atoms with Gasteiger partial charge >= 0.3 is 0 Å². The number of nitrogen functional groups attached to an aromatic ring is 1. The maximum Gasteiger partial charge on any atom is 0.144 e. The molecule has 1 saturated carbocycles. The largest absolute Gasteiger partial charge is 0.494 e. The molecule has 106 valence electrons. The molecule has 4 nitrogen and oxygen atoms in total. The maximum absolute atomic E-state index is 6.15. The number of nitrogens with zero attached hydrogens (tertiary/aromatic N) is 2. The summed E-state index contributed by atoms with van der Waals surface area (Å²) in [6.45, 7) is 0. The number of benzene rings is 1. The Morgan fingerprint density at radius 2 is 1.95 bits per heavy atom. The van der Waals surface area contributed by atoms with Gasteiger partial charge < -0.3 is 10.5 Å². The van der Waals surface area contributed by atoms with Crippen molar-refractivity contribution >= 4 is 5.82 Å². The molecule has 0 bridgehead atoms. The molecule has 0 spiro atoms.